The van der Waals surface area contributed by atoms with E-state index in [1.54, 1.807) is 0 Å². The third-order valence-electron chi connectivity index (χ3n) is 5.29. The molecule has 0 bridgehead atoms. The molecule has 1 atom stereocenters. The van der Waals surface area contributed by atoms with Crippen molar-refractivity contribution in [3.63, 3.8) is 0 Å². The molecule has 1 saturated carbocycles. The first-order chi connectivity index (χ1) is 12.9. The van der Waals surface area contributed by atoms with E-state index in [9.17, 15) is 8.78 Å². The highest BCUT2D eigenvalue weighted by Crippen LogP contribution is 2.38. The fraction of sp³-hybridized carbons (Fsp3) is 0.381. The zero-order chi connectivity index (χ0) is 19.2. The second-order valence-electron chi connectivity index (χ2n) is 7.50. The van der Waals surface area contributed by atoms with Crippen LogP contribution in [-0.4, -0.2) is 9.55 Å². The fourth-order valence-electron chi connectivity index (χ4n) is 3.37. The molecule has 4 rings (SSSR count). The molecule has 1 aromatic heterocycles. The van der Waals surface area contributed by atoms with Crippen LogP contribution in [0, 0.1) is 17.6 Å². The van der Waals surface area contributed by atoms with E-state index in [1.165, 1.54) is 25.0 Å². The fourth-order valence-corrected chi connectivity index (χ4v) is 3.37. The van der Waals surface area contributed by atoms with Crippen LogP contribution in [0.25, 0.3) is 11.0 Å². The minimum absolute atomic E-state index is 0.0188. The quantitative estimate of drug-likeness (QED) is 0.620. The minimum atomic E-state index is -0.860. The Bertz CT molecular complexity index is 997. The maximum Gasteiger partial charge on any atom is 0.168 e. The lowest BCUT2D eigenvalue weighted by Gasteiger charge is -2.30. The molecule has 2 aromatic carbocycles. The zero-order valence-electron chi connectivity index (χ0n) is 15.5. The van der Waals surface area contributed by atoms with E-state index in [1.807, 2.05) is 32.0 Å². The number of ether oxygens (including phenoxy) is 1. The Hall–Kier alpha value is -2.63. The molecule has 1 fully saturated rings. The summed E-state index contributed by atoms with van der Waals surface area (Å²) in [6.45, 7) is 4.71. The Morgan fingerprint density at radius 3 is 2.67 bits per heavy atom. The lowest BCUT2D eigenvalue weighted by atomic mass is 10.0. The molecule has 2 N–H and O–H groups in total. The summed E-state index contributed by atoms with van der Waals surface area (Å²) in [6, 6.07) is 9.03. The first-order valence-corrected chi connectivity index (χ1v) is 9.30. The van der Waals surface area contributed by atoms with Gasteiger partial charge in [-0.1, -0.05) is 6.92 Å². The van der Waals surface area contributed by atoms with Gasteiger partial charge in [0.05, 0.1) is 11.0 Å². The van der Waals surface area contributed by atoms with Gasteiger partial charge in [-0.2, -0.15) is 0 Å². The Kier molecular flexibility index (Phi) is 4.29. The smallest absolute Gasteiger partial charge is 0.168 e. The number of nitrogens with two attached hydrogens (primary N) is 1. The van der Waals surface area contributed by atoms with Gasteiger partial charge < -0.3 is 15.0 Å². The Morgan fingerprint density at radius 1 is 1.22 bits per heavy atom. The number of imidazole rings is 1. The van der Waals surface area contributed by atoms with Crippen molar-refractivity contribution in [2.24, 2.45) is 5.92 Å². The van der Waals surface area contributed by atoms with Crippen LogP contribution in [0.15, 0.2) is 36.4 Å². The van der Waals surface area contributed by atoms with Crippen molar-refractivity contribution >= 4 is 16.7 Å². The van der Waals surface area contributed by atoms with E-state index < -0.39 is 17.2 Å². The number of rotatable bonds is 6. The van der Waals surface area contributed by atoms with Gasteiger partial charge in [-0.05, 0) is 62.4 Å². The average Bonchev–Trinajstić information content (AvgIpc) is 3.38. The molecule has 0 saturated heterocycles. The number of benzene rings is 2. The number of aromatic nitrogens is 2. The van der Waals surface area contributed by atoms with Crippen LogP contribution in [0.3, 0.4) is 0 Å². The predicted octanol–water partition coefficient (Wildman–Crippen LogP) is 5.01. The van der Waals surface area contributed by atoms with E-state index in [4.69, 9.17) is 15.5 Å². The number of nitrogen functional groups attached to an aromatic ring is 1. The van der Waals surface area contributed by atoms with Gasteiger partial charge in [0.1, 0.15) is 5.82 Å². The number of fused-ring (bicyclic) bond motifs is 1. The van der Waals surface area contributed by atoms with Gasteiger partial charge >= 0.3 is 0 Å². The molecular formula is C21H23F2N3O. The molecule has 1 aliphatic rings. The van der Waals surface area contributed by atoms with Crippen LogP contribution in [0.1, 0.15) is 38.9 Å². The molecule has 4 nitrogen and oxygen atoms in total. The number of halogens is 2. The van der Waals surface area contributed by atoms with Crippen molar-refractivity contribution in [2.45, 2.75) is 45.3 Å². The van der Waals surface area contributed by atoms with Crippen molar-refractivity contribution in [2.75, 3.05) is 5.73 Å². The number of hydrogen-bond acceptors (Lipinski definition) is 3. The summed E-state index contributed by atoms with van der Waals surface area (Å²) in [5.41, 5.74) is 7.51. The summed E-state index contributed by atoms with van der Waals surface area (Å²) in [7, 11) is 0. The molecule has 1 aliphatic carbocycles. The number of anilines is 1. The van der Waals surface area contributed by atoms with Gasteiger partial charge in [0, 0.05) is 18.3 Å². The standard InChI is InChI=1S/C21H23F2N3O/c1-3-21(2,27-19-9-6-14(22)10-16(19)23)20-25-17-11-15(24)7-8-18(17)26(20)12-13-4-5-13/h6-11,13H,3-5,12,24H2,1-2H3. The second-order valence-corrected chi connectivity index (χ2v) is 7.50. The molecular weight excluding hydrogens is 348 g/mol. The summed E-state index contributed by atoms with van der Waals surface area (Å²) in [5.74, 6) is 0.0344. The van der Waals surface area contributed by atoms with E-state index in [0.717, 1.165) is 29.5 Å². The van der Waals surface area contributed by atoms with Crippen LogP contribution in [0.2, 0.25) is 0 Å². The number of nitrogens with zero attached hydrogens (tertiary/aromatic N) is 2. The minimum Gasteiger partial charge on any atom is -0.477 e. The van der Waals surface area contributed by atoms with Gasteiger partial charge in [0.25, 0.3) is 0 Å². The maximum absolute atomic E-state index is 14.2. The van der Waals surface area contributed by atoms with Crippen LogP contribution in [0.4, 0.5) is 14.5 Å². The van der Waals surface area contributed by atoms with Crippen molar-refractivity contribution in [3.8, 4) is 5.75 Å². The molecule has 3 aromatic rings. The van der Waals surface area contributed by atoms with Crippen molar-refractivity contribution < 1.29 is 13.5 Å². The summed E-state index contributed by atoms with van der Waals surface area (Å²) in [6.07, 6.45) is 2.97. The van der Waals surface area contributed by atoms with Gasteiger partial charge in [-0.25, -0.2) is 13.8 Å². The van der Waals surface area contributed by atoms with E-state index >= 15 is 0 Å². The molecule has 0 amide bonds. The highest BCUT2D eigenvalue weighted by Gasteiger charge is 2.36. The maximum atomic E-state index is 14.2. The monoisotopic (exact) mass is 371 g/mol. The average molecular weight is 371 g/mol. The highest BCUT2D eigenvalue weighted by atomic mass is 19.1. The number of hydrogen-bond donors (Lipinski definition) is 1. The Balaban J connectivity index is 1.81. The van der Waals surface area contributed by atoms with Crippen LogP contribution in [0.5, 0.6) is 5.75 Å². The first kappa shape index (κ1) is 17.8. The lowest BCUT2D eigenvalue weighted by Crippen LogP contribution is -2.33. The van der Waals surface area contributed by atoms with Crippen LogP contribution < -0.4 is 10.5 Å². The summed E-state index contributed by atoms with van der Waals surface area (Å²) < 4.78 is 35.7. The normalized spacial score (nSPS) is 16.4. The van der Waals surface area contributed by atoms with Crippen molar-refractivity contribution in [1.29, 1.82) is 0 Å². The summed E-state index contributed by atoms with van der Waals surface area (Å²) >= 11 is 0. The molecule has 142 valence electrons. The van der Waals surface area contributed by atoms with E-state index in [2.05, 4.69) is 4.57 Å². The Labute approximate surface area is 157 Å². The van der Waals surface area contributed by atoms with Gasteiger partial charge in [-0.15, -0.1) is 0 Å². The third-order valence-corrected chi connectivity index (χ3v) is 5.29. The van der Waals surface area contributed by atoms with Crippen molar-refractivity contribution in [1.82, 2.24) is 9.55 Å². The molecule has 1 unspecified atom stereocenters. The summed E-state index contributed by atoms with van der Waals surface area (Å²) in [5, 5.41) is 0. The first-order valence-electron chi connectivity index (χ1n) is 9.30. The van der Waals surface area contributed by atoms with Gasteiger partial charge in [-0.3, -0.25) is 0 Å². The molecule has 27 heavy (non-hydrogen) atoms. The molecule has 0 aliphatic heterocycles. The highest BCUT2D eigenvalue weighted by molar-refractivity contribution is 5.80. The molecule has 0 radical (unpaired) electrons. The summed E-state index contributed by atoms with van der Waals surface area (Å²) in [4.78, 5) is 4.80. The van der Waals surface area contributed by atoms with Gasteiger partial charge in [0.15, 0.2) is 23.0 Å². The molecule has 1 heterocycles. The van der Waals surface area contributed by atoms with E-state index in [-0.39, 0.29) is 5.75 Å². The third kappa shape index (κ3) is 3.36. The topological polar surface area (TPSA) is 53.1 Å². The second kappa shape index (κ2) is 6.51. The predicted molar refractivity (Wildman–Crippen MR) is 101 cm³/mol. The van der Waals surface area contributed by atoms with Gasteiger partial charge in [0.2, 0.25) is 0 Å². The molecule has 0 spiro atoms. The van der Waals surface area contributed by atoms with Crippen molar-refractivity contribution in [3.05, 3.63) is 53.9 Å². The lowest BCUT2D eigenvalue weighted by molar-refractivity contribution is 0.0641. The van der Waals surface area contributed by atoms with Crippen LogP contribution >= 0.6 is 0 Å². The zero-order valence-corrected chi connectivity index (χ0v) is 15.5. The van der Waals surface area contributed by atoms with E-state index in [0.29, 0.717) is 18.0 Å². The Morgan fingerprint density at radius 2 is 2.00 bits per heavy atom. The van der Waals surface area contributed by atoms with Crippen LogP contribution in [-0.2, 0) is 12.1 Å². The SMILES string of the molecule is CCC(C)(Oc1ccc(F)cc1F)c1nc2cc(N)ccc2n1CC1CC1. The molecule has 6 heteroatoms. The largest absolute Gasteiger partial charge is 0.477 e.